The van der Waals surface area contributed by atoms with Crippen LogP contribution in [0.25, 0.3) is 0 Å². The van der Waals surface area contributed by atoms with Gasteiger partial charge < -0.3 is 9.84 Å². The Hall–Kier alpha value is -1.14. The molecule has 0 radical (unpaired) electrons. The predicted octanol–water partition coefficient (Wildman–Crippen LogP) is 3.89. The van der Waals surface area contributed by atoms with Crippen molar-refractivity contribution in [3.63, 3.8) is 0 Å². The van der Waals surface area contributed by atoms with Gasteiger partial charge in [0.1, 0.15) is 0 Å². The molecular weight excluding hydrogens is 370 g/mol. The smallest absolute Gasteiger partial charge is 0.168 e. The minimum atomic E-state index is -1.13. The molecule has 0 aliphatic heterocycles. The average molecular weight is 386 g/mol. The molecule has 4 heteroatoms. The van der Waals surface area contributed by atoms with E-state index in [1.54, 1.807) is 25.1 Å². The number of halogens is 2. The fourth-order valence-corrected chi connectivity index (χ4v) is 2.49. The van der Waals surface area contributed by atoms with Crippen LogP contribution in [-0.2, 0) is 12.0 Å². The highest BCUT2D eigenvalue weighted by Gasteiger charge is 2.25. The fraction of sp³-hybridized carbons (Fsp3) is 0.250. The molecule has 20 heavy (non-hydrogen) atoms. The molecule has 0 spiro atoms. The molecule has 0 aromatic heterocycles. The minimum absolute atomic E-state index is 0.191. The van der Waals surface area contributed by atoms with E-state index in [1.807, 2.05) is 24.3 Å². The van der Waals surface area contributed by atoms with E-state index in [4.69, 9.17) is 4.74 Å². The van der Waals surface area contributed by atoms with Gasteiger partial charge in [0, 0.05) is 9.99 Å². The third-order valence-electron chi connectivity index (χ3n) is 3.26. The Morgan fingerprint density at radius 2 is 1.85 bits per heavy atom. The zero-order valence-electron chi connectivity index (χ0n) is 11.4. The first-order valence-electron chi connectivity index (χ1n) is 6.24. The highest BCUT2D eigenvalue weighted by Crippen LogP contribution is 2.29. The highest BCUT2D eigenvalue weighted by atomic mass is 127. The monoisotopic (exact) mass is 386 g/mol. The zero-order chi connectivity index (χ0) is 14.8. The molecule has 2 aromatic rings. The normalized spacial score (nSPS) is 13.8. The van der Waals surface area contributed by atoms with Crippen molar-refractivity contribution in [2.75, 3.05) is 7.11 Å². The van der Waals surface area contributed by atoms with E-state index < -0.39 is 11.4 Å². The highest BCUT2D eigenvalue weighted by molar-refractivity contribution is 14.1. The molecule has 106 valence electrons. The standard InChI is InChI=1S/C16H16FIO2/c1-16(19,12-6-8-13(18)9-7-12)10-11-4-3-5-14(20-2)15(11)17/h3-9,19H,10H2,1-2H3. The first-order chi connectivity index (χ1) is 9.44. The van der Waals surface area contributed by atoms with Gasteiger partial charge in [0.05, 0.1) is 12.7 Å². The van der Waals surface area contributed by atoms with Gasteiger partial charge in [0.2, 0.25) is 0 Å². The van der Waals surface area contributed by atoms with E-state index in [9.17, 15) is 9.50 Å². The van der Waals surface area contributed by atoms with Gasteiger partial charge in [0.15, 0.2) is 11.6 Å². The topological polar surface area (TPSA) is 29.5 Å². The number of aliphatic hydroxyl groups is 1. The summed E-state index contributed by atoms with van der Waals surface area (Å²) in [6, 6.07) is 12.5. The molecule has 1 atom stereocenters. The number of hydrogen-bond acceptors (Lipinski definition) is 2. The van der Waals surface area contributed by atoms with E-state index in [0.29, 0.717) is 5.56 Å². The summed E-state index contributed by atoms with van der Waals surface area (Å²) in [7, 11) is 1.43. The second kappa shape index (κ2) is 6.10. The van der Waals surface area contributed by atoms with Crippen LogP contribution < -0.4 is 4.74 Å². The van der Waals surface area contributed by atoms with E-state index >= 15 is 0 Å². The second-order valence-electron chi connectivity index (χ2n) is 4.89. The number of ether oxygens (including phenoxy) is 1. The van der Waals surface area contributed by atoms with Crippen LogP contribution in [0.2, 0.25) is 0 Å². The number of hydrogen-bond donors (Lipinski definition) is 1. The molecule has 0 aliphatic rings. The van der Waals surface area contributed by atoms with Crippen LogP contribution in [0.15, 0.2) is 42.5 Å². The molecule has 0 aliphatic carbocycles. The van der Waals surface area contributed by atoms with Gasteiger partial charge in [-0.2, -0.15) is 0 Å². The van der Waals surface area contributed by atoms with Gasteiger partial charge >= 0.3 is 0 Å². The Morgan fingerprint density at radius 3 is 2.45 bits per heavy atom. The van der Waals surface area contributed by atoms with Crippen molar-refractivity contribution in [2.24, 2.45) is 0 Å². The number of methoxy groups -OCH3 is 1. The lowest BCUT2D eigenvalue weighted by atomic mass is 9.89. The van der Waals surface area contributed by atoms with Gasteiger partial charge in [-0.1, -0.05) is 24.3 Å². The maximum absolute atomic E-state index is 14.1. The van der Waals surface area contributed by atoms with Gasteiger partial charge in [-0.25, -0.2) is 4.39 Å². The quantitative estimate of drug-likeness (QED) is 0.809. The fourth-order valence-electron chi connectivity index (χ4n) is 2.13. The molecule has 0 saturated heterocycles. The van der Waals surface area contributed by atoms with E-state index in [-0.39, 0.29) is 12.2 Å². The van der Waals surface area contributed by atoms with Crippen molar-refractivity contribution in [3.05, 3.63) is 63.0 Å². The first kappa shape index (κ1) is 15.3. The van der Waals surface area contributed by atoms with Crippen LogP contribution in [0, 0.1) is 9.39 Å². The Labute approximate surface area is 131 Å². The molecule has 0 heterocycles. The third-order valence-corrected chi connectivity index (χ3v) is 3.98. The molecule has 2 rings (SSSR count). The van der Waals surface area contributed by atoms with Crippen LogP contribution in [-0.4, -0.2) is 12.2 Å². The molecule has 0 amide bonds. The summed E-state index contributed by atoms with van der Waals surface area (Å²) < 4.78 is 20.2. The maximum Gasteiger partial charge on any atom is 0.168 e. The molecule has 1 N–H and O–H groups in total. The Bertz CT molecular complexity index is 594. The summed E-state index contributed by atoms with van der Waals surface area (Å²) >= 11 is 2.20. The summed E-state index contributed by atoms with van der Waals surface area (Å²) in [5, 5.41) is 10.6. The van der Waals surface area contributed by atoms with Gasteiger partial charge in [-0.15, -0.1) is 0 Å². The molecule has 0 saturated carbocycles. The lowest BCUT2D eigenvalue weighted by Crippen LogP contribution is -2.24. The molecule has 0 fully saturated rings. The first-order valence-corrected chi connectivity index (χ1v) is 7.32. The second-order valence-corrected chi connectivity index (χ2v) is 6.14. The van der Waals surface area contributed by atoms with Crippen molar-refractivity contribution in [1.82, 2.24) is 0 Å². The number of rotatable bonds is 4. The van der Waals surface area contributed by atoms with Crippen LogP contribution >= 0.6 is 22.6 Å². The summed E-state index contributed by atoms with van der Waals surface area (Å²) in [5.74, 6) is -0.221. The van der Waals surface area contributed by atoms with Crippen LogP contribution in [0.5, 0.6) is 5.75 Å². The Kier molecular flexibility index (Phi) is 4.65. The van der Waals surface area contributed by atoms with Crippen LogP contribution in [0.1, 0.15) is 18.1 Å². The average Bonchev–Trinajstić information content (AvgIpc) is 2.41. The van der Waals surface area contributed by atoms with Crippen molar-refractivity contribution in [3.8, 4) is 5.75 Å². The van der Waals surface area contributed by atoms with Crippen LogP contribution in [0.4, 0.5) is 4.39 Å². The van der Waals surface area contributed by atoms with E-state index in [2.05, 4.69) is 22.6 Å². The summed E-state index contributed by atoms with van der Waals surface area (Å²) in [6.45, 7) is 1.69. The molecule has 2 nitrogen and oxygen atoms in total. The number of benzene rings is 2. The van der Waals surface area contributed by atoms with Gasteiger partial charge in [-0.05, 0) is 58.8 Å². The van der Waals surface area contributed by atoms with Crippen molar-refractivity contribution < 1.29 is 14.2 Å². The zero-order valence-corrected chi connectivity index (χ0v) is 13.5. The largest absolute Gasteiger partial charge is 0.494 e. The lowest BCUT2D eigenvalue weighted by molar-refractivity contribution is 0.0566. The Morgan fingerprint density at radius 1 is 1.20 bits per heavy atom. The molecule has 1 unspecified atom stereocenters. The van der Waals surface area contributed by atoms with Crippen molar-refractivity contribution in [1.29, 1.82) is 0 Å². The van der Waals surface area contributed by atoms with E-state index in [1.165, 1.54) is 7.11 Å². The molecular formula is C16H16FIO2. The summed E-state index contributed by atoms with van der Waals surface area (Å²) in [5.41, 5.74) is 0.0744. The minimum Gasteiger partial charge on any atom is -0.494 e. The molecule has 0 bridgehead atoms. The van der Waals surface area contributed by atoms with Gasteiger partial charge in [0.25, 0.3) is 0 Å². The molecule has 2 aromatic carbocycles. The van der Waals surface area contributed by atoms with Crippen molar-refractivity contribution in [2.45, 2.75) is 18.9 Å². The Balaban J connectivity index is 2.30. The SMILES string of the molecule is COc1cccc(CC(C)(O)c2ccc(I)cc2)c1F. The van der Waals surface area contributed by atoms with Crippen molar-refractivity contribution >= 4 is 22.6 Å². The lowest BCUT2D eigenvalue weighted by Gasteiger charge is -2.24. The van der Waals surface area contributed by atoms with Gasteiger partial charge in [-0.3, -0.25) is 0 Å². The summed E-state index contributed by atoms with van der Waals surface area (Å²) in [6.07, 6.45) is 0.191. The van der Waals surface area contributed by atoms with E-state index in [0.717, 1.165) is 9.13 Å². The predicted molar refractivity (Wildman–Crippen MR) is 85.4 cm³/mol. The summed E-state index contributed by atoms with van der Waals surface area (Å²) in [4.78, 5) is 0. The van der Waals surface area contributed by atoms with Crippen LogP contribution in [0.3, 0.4) is 0 Å². The third kappa shape index (κ3) is 3.30. The maximum atomic E-state index is 14.1.